The lowest BCUT2D eigenvalue weighted by molar-refractivity contribution is -0.114. The molecule has 1 aliphatic heterocycles. The van der Waals surface area contributed by atoms with E-state index in [0.717, 1.165) is 22.5 Å². The van der Waals surface area contributed by atoms with Crippen LogP contribution in [0.2, 0.25) is 5.02 Å². The Hall–Kier alpha value is -2.73. The molecular weight excluding hydrogens is 354 g/mol. The monoisotopic (exact) mass is 373 g/mol. The number of hydrogen-bond acceptors (Lipinski definition) is 4. The van der Waals surface area contributed by atoms with E-state index in [2.05, 4.69) is 10.6 Å². The van der Waals surface area contributed by atoms with E-state index in [1.807, 2.05) is 38.1 Å². The summed E-state index contributed by atoms with van der Waals surface area (Å²) in [6.07, 6.45) is -0.350. The third-order valence-corrected chi connectivity index (χ3v) is 4.51. The van der Waals surface area contributed by atoms with E-state index >= 15 is 0 Å². The molecular formula is C19H20ClN3O3. The fraction of sp³-hybridized carbons (Fsp3) is 0.263. The zero-order valence-corrected chi connectivity index (χ0v) is 15.4. The number of anilines is 3. The summed E-state index contributed by atoms with van der Waals surface area (Å²) in [6.45, 7) is 4.83. The highest BCUT2D eigenvalue weighted by atomic mass is 35.5. The molecule has 26 heavy (non-hydrogen) atoms. The van der Waals surface area contributed by atoms with Crippen LogP contribution in [0.25, 0.3) is 0 Å². The number of benzene rings is 2. The zero-order chi connectivity index (χ0) is 18.7. The first-order chi connectivity index (χ1) is 12.5. The second-order valence-corrected chi connectivity index (χ2v) is 6.51. The molecule has 3 rings (SSSR count). The smallest absolute Gasteiger partial charge is 0.414 e. The highest BCUT2D eigenvalue weighted by molar-refractivity contribution is 6.33. The van der Waals surface area contributed by atoms with Gasteiger partial charge in [0.2, 0.25) is 5.91 Å². The number of nitrogens with one attached hydrogen (secondary N) is 2. The molecule has 0 spiro atoms. The second-order valence-electron chi connectivity index (χ2n) is 6.10. The van der Waals surface area contributed by atoms with Crippen molar-refractivity contribution in [3.05, 3.63) is 52.5 Å². The standard InChI is InChI=1S/C19H20ClN3O3/c1-12-6-7-16(14(20)10-12)22-18(24)11-21-15-4-3-5-17(13(15)2)23-8-9-26-19(23)25/h3-7,10,21H,8-9,11H2,1-2H3,(H,22,24). The number of aryl methyl sites for hydroxylation is 1. The summed E-state index contributed by atoms with van der Waals surface area (Å²) >= 11 is 6.14. The highest BCUT2D eigenvalue weighted by Gasteiger charge is 2.25. The van der Waals surface area contributed by atoms with Crippen molar-refractivity contribution in [3.63, 3.8) is 0 Å². The maximum atomic E-state index is 12.2. The number of ether oxygens (including phenoxy) is 1. The van der Waals surface area contributed by atoms with Gasteiger partial charge in [-0.25, -0.2) is 4.79 Å². The lowest BCUT2D eigenvalue weighted by Crippen LogP contribution is -2.25. The Morgan fingerprint density at radius 3 is 2.73 bits per heavy atom. The van der Waals surface area contributed by atoms with Crippen molar-refractivity contribution in [1.82, 2.24) is 0 Å². The normalized spacial score (nSPS) is 13.5. The van der Waals surface area contributed by atoms with Crippen LogP contribution in [0, 0.1) is 13.8 Å². The molecule has 2 aromatic carbocycles. The van der Waals surface area contributed by atoms with E-state index < -0.39 is 0 Å². The van der Waals surface area contributed by atoms with Crippen molar-refractivity contribution < 1.29 is 14.3 Å². The van der Waals surface area contributed by atoms with Crippen molar-refractivity contribution in [2.24, 2.45) is 0 Å². The van der Waals surface area contributed by atoms with E-state index in [1.165, 1.54) is 0 Å². The van der Waals surface area contributed by atoms with Gasteiger partial charge < -0.3 is 15.4 Å². The molecule has 1 aliphatic rings. The Morgan fingerprint density at radius 2 is 2.04 bits per heavy atom. The fourth-order valence-electron chi connectivity index (χ4n) is 2.81. The van der Waals surface area contributed by atoms with Gasteiger partial charge in [0, 0.05) is 5.69 Å². The summed E-state index contributed by atoms with van der Waals surface area (Å²) in [5.74, 6) is -0.207. The third-order valence-electron chi connectivity index (χ3n) is 4.19. The first kappa shape index (κ1) is 18.1. The molecule has 1 heterocycles. The van der Waals surface area contributed by atoms with E-state index in [4.69, 9.17) is 16.3 Å². The van der Waals surface area contributed by atoms with Gasteiger partial charge >= 0.3 is 6.09 Å². The number of nitrogens with zero attached hydrogens (tertiary/aromatic N) is 1. The molecule has 0 radical (unpaired) electrons. The van der Waals surface area contributed by atoms with Crippen molar-refractivity contribution >= 4 is 40.7 Å². The topological polar surface area (TPSA) is 70.7 Å². The third kappa shape index (κ3) is 3.91. The first-order valence-electron chi connectivity index (χ1n) is 8.29. The van der Waals surface area contributed by atoms with Crippen LogP contribution in [-0.2, 0) is 9.53 Å². The molecule has 7 heteroatoms. The number of carbonyl (C=O) groups excluding carboxylic acids is 2. The molecule has 0 atom stereocenters. The maximum absolute atomic E-state index is 12.2. The zero-order valence-electron chi connectivity index (χ0n) is 14.6. The molecule has 0 saturated carbocycles. The van der Waals surface area contributed by atoms with Crippen LogP contribution >= 0.6 is 11.6 Å². The predicted molar refractivity (Wildman–Crippen MR) is 103 cm³/mol. The Morgan fingerprint density at radius 1 is 1.23 bits per heavy atom. The molecule has 0 bridgehead atoms. The molecule has 2 amide bonds. The average Bonchev–Trinajstić information content (AvgIpc) is 3.02. The van der Waals surface area contributed by atoms with E-state index in [0.29, 0.717) is 23.9 Å². The van der Waals surface area contributed by atoms with Crippen LogP contribution in [0.15, 0.2) is 36.4 Å². The Balaban J connectivity index is 1.66. The largest absolute Gasteiger partial charge is 0.447 e. The number of halogens is 1. The van der Waals surface area contributed by atoms with Crippen molar-refractivity contribution in [1.29, 1.82) is 0 Å². The van der Waals surface area contributed by atoms with Crippen LogP contribution in [0.1, 0.15) is 11.1 Å². The van der Waals surface area contributed by atoms with Crippen LogP contribution in [0.3, 0.4) is 0 Å². The molecule has 0 unspecified atom stereocenters. The van der Waals surface area contributed by atoms with Gasteiger partial charge in [-0.05, 0) is 49.2 Å². The Labute approximate surface area is 157 Å². The summed E-state index contributed by atoms with van der Waals surface area (Å²) in [7, 11) is 0. The number of rotatable bonds is 5. The quantitative estimate of drug-likeness (QED) is 0.832. The van der Waals surface area contributed by atoms with Gasteiger partial charge in [-0.2, -0.15) is 0 Å². The molecule has 1 saturated heterocycles. The van der Waals surface area contributed by atoms with Crippen LogP contribution in [-0.4, -0.2) is 31.7 Å². The lowest BCUT2D eigenvalue weighted by Gasteiger charge is -2.18. The first-order valence-corrected chi connectivity index (χ1v) is 8.67. The minimum Gasteiger partial charge on any atom is -0.447 e. The summed E-state index contributed by atoms with van der Waals surface area (Å²) in [5, 5.41) is 6.40. The lowest BCUT2D eigenvalue weighted by atomic mass is 10.1. The maximum Gasteiger partial charge on any atom is 0.414 e. The van der Waals surface area contributed by atoms with Gasteiger partial charge in [0.05, 0.1) is 29.5 Å². The van der Waals surface area contributed by atoms with E-state index in [1.54, 1.807) is 17.0 Å². The Kier molecular flexibility index (Phi) is 5.32. The van der Waals surface area contributed by atoms with Gasteiger partial charge in [-0.3, -0.25) is 9.69 Å². The summed E-state index contributed by atoms with van der Waals surface area (Å²) in [5.41, 5.74) is 4.05. The van der Waals surface area contributed by atoms with Crippen molar-refractivity contribution in [3.8, 4) is 0 Å². The molecule has 2 aromatic rings. The summed E-state index contributed by atoms with van der Waals surface area (Å²) in [4.78, 5) is 25.6. The van der Waals surface area contributed by atoms with Gasteiger partial charge in [0.1, 0.15) is 6.61 Å². The summed E-state index contributed by atoms with van der Waals surface area (Å²) < 4.78 is 4.99. The second kappa shape index (κ2) is 7.66. The fourth-order valence-corrected chi connectivity index (χ4v) is 3.09. The van der Waals surface area contributed by atoms with Gasteiger partial charge in [-0.15, -0.1) is 0 Å². The number of amides is 2. The SMILES string of the molecule is Cc1ccc(NC(=O)CNc2cccc(N3CCOC3=O)c2C)c(Cl)c1. The molecule has 0 aliphatic carbocycles. The van der Waals surface area contributed by atoms with Crippen molar-refractivity contribution in [2.75, 3.05) is 35.2 Å². The molecule has 0 aromatic heterocycles. The van der Waals surface area contributed by atoms with Crippen LogP contribution in [0.4, 0.5) is 21.9 Å². The number of cyclic esters (lactones) is 1. The minimum atomic E-state index is -0.350. The van der Waals surface area contributed by atoms with Gasteiger partial charge in [-0.1, -0.05) is 23.7 Å². The number of hydrogen-bond donors (Lipinski definition) is 2. The number of carbonyl (C=O) groups is 2. The van der Waals surface area contributed by atoms with E-state index in [-0.39, 0.29) is 18.5 Å². The molecule has 136 valence electrons. The average molecular weight is 374 g/mol. The predicted octanol–water partition coefficient (Wildman–Crippen LogP) is 3.96. The van der Waals surface area contributed by atoms with Crippen molar-refractivity contribution in [2.45, 2.75) is 13.8 Å². The van der Waals surface area contributed by atoms with Gasteiger partial charge in [0.25, 0.3) is 0 Å². The van der Waals surface area contributed by atoms with Gasteiger partial charge in [0.15, 0.2) is 0 Å². The molecule has 2 N–H and O–H groups in total. The summed E-state index contributed by atoms with van der Waals surface area (Å²) in [6, 6.07) is 11.0. The molecule has 6 nitrogen and oxygen atoms in total. The Bertz CT molecular complexity index is 854. The minimum absolute atomic E-state index is 0.0823. The van der Waals surface area contributed by atoms with Crippen LogP contribution in [0.5, 0.6) is 0 Å². The highest BCUT2D eigenvalue weighted by Crippen LogP contribution is 2.28. The molecule has 1 fully saturated rings. The van der Waals surface area contributed by atoms with Crippen LogP contribution < -0.4 is 15.5 Å². The van der Waals surface area contributed by atoms with E-state index in [9.17, 15) is 9.59 Å².